The lowest BCUT2D eigenvalue weighted by molar-refractivity contribution is -0.290. The molecule has 0 amide bonds. The summed E-state index contributed by atoms with van der Waals surface area (Å²) in [5.74, 6) is 0. The molecular formula is C23H22O2. The van der Waals surface area contributed by atoms with Crippen molar-refractivity contribution >= 4 is 0 Å². The lowest BCUT2D eigenvalue weighted by Gasteiger charge is -2.43. The predicted molar refractivity (Wildman–Crippen MR) is 98.9 cm³/mol. The van der Waals surface area contributed by atoms with Gasteiger partial charge in [0.25, 0.3) is 0 Å². The Labute approximate surface area is 149 Å². The van der Waals surface area contributed by atoms with Crippen LogP contribution in [0.5, 0.6) is 0 Å². The SMILES string of the molecule is C[C@]1(c2ccccc2)C[C@@H](c2ccccc2)O[C@@H](c2ccccc2)O1. The van der Waals surface area contributed by atoms with E-state index in [0.717, 1.165) is 12.0 Å². The van der Waals surface area contributed by atoms with Gasteiger partial charge in [-0.1, -0.05) is 91.0 Å². The van der Waals surface area contributed by atoms with Crippen LogP contribution in [0.2, 0.25) is 0 Å². The third kappa shape index (κ3) is 3.37. The highest BCUT2D eigenvalue weighted by Gasteiger charge is 2.41. The number of rotatable bonds is 3. The van der Waals surface area contributed by atoms with Gasteiger partial charge in [0.05, 0.1) is 11.7 Å². The van der Waals surface area contributed by atoms with E-state index in [0.29, 0.717) is 0 Å². The molecule has 3 atom stereocenters. The smallest absolute Gasteiger partial charge is 0.185 e. The molecule has 1 heterocycles. The molecule has 4 rings (SSSR count). The maximum atomic E-state index is 6.48. The monoisotopic (exact) mass is 330 g/mol. The van der Waals surface area contributed by atoms with Gasteiger partial charge in [0.1, 0.15) is 0 Å². The van der Waals surface area contributed by atoms with E-state index in [-0.39, 0.29) is 12.4 Å². The van der Waals surface area contributed by atoms with Crippen molar-refractivity contribution in [1.29, 1.82) is 0 Å². The van der Waals surface area contributed by atoms with E-state index in [1.165, 1.54) is 11.1 Å². The minimum Gasteiger partial charge on any atom is -0.340 e. The third-order valence-electron chi connectivity index (χ3n) is 4.86. The second kappa shape index (κ2) is 6.83. The molecule has 0 bridgehead atoms. The molecule has 0 aliphatic carbocycles. The van der Waals surface area contributed by atoms with Crippen LogP contribution in [0.25, 0.3) is 0 Å². The molecule has 1 saturated heterocycles. The molecule has 1 fully saturated rings. The van der Waals surface area contributed by atoms with Gasteiger partial charge < -0.3 is 9.47 Å². The van der Waals surface area contributed by atoms with E-state index in [9.17, 15) is 0 Å². The average molecular weight is 330 g/mol. The summed E-state index contributed by atoms with van der Waals surface area (Å²) in [5, 5.41) is 0. The molecule has 0 spiro atoms. The summed E-state index contributed by atoms with van der Waals surface area (Å²) in [7, 11) is 0. The van der Waals surface area contributed by atoms with Crippen molar-refractivity contribution in [2.24, 2.45) is 0 Å². The molecule has 126 valence electrons. The van der Waals surface area contributed by atoms with Gasteiger partial charge in [0.2, 0.25) is 0 Å². The second-order valence-corrected chi connectivity index (χ2v) is 6.70. The zero-order chi connectivity index (χ0) is 17.1. The second-order valence-electron chi connectivity index (χ2n) is 6.70. The highest BCUT2D eigenvalue weighted by atomic mass is 16.7. The van der Waals surface area contributed by atoms with E-state index in [1.807, 2.05) is 30.3 Å². The Bertz CT molecular complexity index is 752. The Morgan fingerprint density at radius 3 is 1.84 bits per heavy atom. The van der Waals surface area contributed by atoms with E-state index in [1.54, 1.807) is 0 Å². The van der Waals surface area contributed by atoms with Crippen molar-refractivity contribution in [3.05, 3.63) is 108 Å². The van der Waals surface area contributed by atoms with E-state index in [2.05, 4.69) is 67.6 Å². The number of benzene rings is 3. The Kier molecular flexibility index (Phi) is 4.39. The first kappa shape index (κ1) is 16.1. The topological polar surface area (TPSA) is 18.5 Å². The number of hydrogen-bond donors (Lipinski definition) is 0. The minimum absolute atomic E-state index is 0.00892. The first-order chi connectivity index (χ1) is 12.2. The molecule has 0 saturated carbocycles. The van der Waals surface area contributed by atoms with Gasteiger partial charge in [-0.05, 0) is 18.1 Å². The largest absolute Gasteiger partial charge is 0.340 e. The van der Waals surface area contributed by atoms with Crippen LogP contribution in [0.4, 0.5) is 0 Å². The first-order valence-electron chi connectivity index (χ1n) is 8.73. The Morgan fingerprint density at radius 2 is 1.24 bits per heavy atom. The van der Waals surface area contributed by atoms with Gasteiger partial charge in [0.15, 0.2) is 6.29 Å². The molecular weight excluding hydrogens is 308 g/mol. The molecule has 0 radical (unpaired) electrons. The van der Waals surface area contributed by atoms with Crippen molar-refractivity contribution in [2.75, 3.05) is 0 Å². The van der Waals surface area contributed by atoms with Crippen molar-refractivity contribution < 1.29 is 9.47 Å². The summed E-state index contributed by atoms with van der Waals surface area (Å²) in [5.41, 5.74) is 3.01. The van der Waals surface area contributed by atoms with Crippen molar-refractivity contribution in [1.82, 2.24) is 0 Å². The Morgan fingerprint density at radius 1 is 0.720 bits per heavy atom. The van der Waals surface area contributed by atoms with Crippen LogP contribution in [0.1, 0.15) is 42.4 Å². The van der Waals surface area contributed by atoms with Crippen molar-refractivity contribution in [3.8, 4) is 0 Å². The molecule has 25 heavy (non-hydrogen) atoms. The van der Waals surface area contributed by atoms with Gasteiger partial charge in [-0.15, -0.1) is 0 Å². The third-order valence-corrected chi connectivity index (χ3v) is 4.86. The summed E-state index contributed by atoms with van der Waals surface area (Å²) >= 11 is 0. The molecule has 1 aliphatic heterocycles. The van der Waals surface area contributed by atoms with Crippen molar-refractivity contribution in [3.63, 3.8) is 0 Å². The number of ether oxygens (including phenoxy) is 2. The summed E-state index contributed by atoms with van der Waals surface area (Å²) < 4.78 is 12.8. The van der Waals surface area contributed by atoms with Crippen LogP contribution in [0.15, 0.2) is 91.0 Å². The quantitative estimate of drug-likeness (QED) is 0.606. The number of hydrogen-bond acceptors (Lipinski definition) is 2. The Balaban J connectivity index is 1.72. The van der Waals surface area contributed by atoms with Gasteiger partial charge in [-0.2, -0.15) is 0 Å². The summed E-state index contributed by atoms with van der Waals surface area (Å²) in [6, 6.07) is 31.0. The molecule has 1 aliphatic rings. The summed E-state index contributed by atoms with van der Waals surface area (Å²) in [4.78, 5) is 0. The first-order valence-corrected chi connectivity index (χ1v) is 8.73. The van der Waals surface area contributed by atoms with Gasteiger partial charge in [-0.25, -0.2) is 0 Å². The van der Waals surface area contributed by atoms with Gasteiger partial charge in [-0.3, -0.25) is 0 Å². The zero-order valence-electron chi connectivity index (χ0n) is 14.3. The lowest BCUT2D eigenvalue weighted by Crippen LogP contribution is -2.37. The van der Waals surface area contributed by atoms with Crippen LogP contribution in [0, 0.1) is 0 Å². The van der Waals surface area contributed by atoms with Gasteiger partial charge >= 0.3 is 0 Å². The standard InChI is InChI=1S/C23H22O2/c1-23(20-15-9-4-10-16-20)17-21(18-11-5-2-6-12-18)24-22(25-23)19-13-7-3-8-14-19/h2-16,21-22H,17H2,1H3/t21-,22+,23+/m0/s1. The van der Waals surface area contributed by atoms with Crippen LogP contribution in [0.3, 0.4) is 0 Å². The predicted octanol–water partition coefficient (Wildman–Crippen LogP) is 5.78. The average Bonchev–Trinajstić information content (AvgIpc) is 2.70. The molecule has 2 heteroatoms. The van der Waals surface area contributed by atoms with E-state index in [4.69, 9.17) is 9.47 Å². The maximum absolute atomic E-state index is 6.48. The van der Waals surface area contributed by atoms with Crippen LogP contribution in [-0.4, -0.2) is 0 Å². The van der Waals surface area contributed by atoms with E-state index >= 15 is 0 Å². The lowest BCUT2D eigenvalue weighted by atomic mass is 9.86. The summed E-state index contributed by atoms with van der Waals surface area (Å²) in [6.07, 6.45) is 0.389. The molecule has 3 aromatic rings. The minimum atomic E-state index is -0.402. The molecule has 0 unspecified atom stereocenters. The van der Waals surface area contributed by atoms with Gasteiger partial charge in [0, 0.05) is 12.0 Å². The normalized spacial score (nSPS) is 26.3. The van der Waals surface area contributed by atoms with Crippen LogP contribution >= 0.6 is 0 Å². The van der Waals surface area contributed by atoms with Crippen molar-refractivity contribution in [2.45, 2.75) is 31.3 Å². The fourth-order valence-corrected chi connectivity index (χ4v) is 3.46. The van der Waals surface area contributed by atoms with Crippen LogP contribution in [-0.2, 0) is 15.1 Å². The highest BCUT2D eigenvalue weighted by Crippen LogP contribution is 2.47. The summed E-state index contributed by atoms with van der Waals surface area (Å²) in [6.45, 7) is 2.16. The molecule has 0 N–H and O–H groups in total. The molecule has 0 aromatic heterocycles. The Hall–Kier alpha value is -2.42. The zero-order valence-corrected chi connectivity index (χ0v) is 14.3. The molecule has 2 nitrogen and oxygen atoms in total. The maximum Gasteiger partial charge on any atom is 0.185 e. The fourth-order valence-electron chi connectivity index (χ4n) is 3.46. The fraction of sp³-hybridized carbons (Fsp3) is 0.217. The van der Waals surface area contributed by atoms with E-state index < -0.39 is 5.60 Å². The molecule has 3 aromatic carbocycles. The highest BCUT2D eigenvalue weighted by molar-refractivity contribution is 5.27. The van der Waals surface area contributed by atoms with Crippen LogP contribution < -0.4 is 0 Å².